The summed E-state index contributed by atoms with van der Waals surface area (Å²) in [6, 6.07) is 15.7. The Morgan fingerprint density at radius 3 is 2.62 bits per heavy atom. The highest BCUT2D eigenvalue weighted by Gasteiger charge is 2.18. The number of benzene rings is 2. The highest BCUT2D eigenvalue weighted by atomic mass is 19.1. The van der Waals surface area contributed by atoms with Crippen molar-refractivity contribution in [2.45, 2.75) is 0 Å². The molecule has 8 nitrogen and oxygen atoms in total. The number of ether oxygens (including phenoxy) is 1. The van der Waals surface area contributed by atoms with Gasteiger partial charge < -0.3 is 15.4 Å². The standard InChI is InChI=1S/C30H21F2N5O3/c31-21-5-8-23(9-6-21)37-14-2-4-24(30(37)39)29(38)36-22-7-10-27(25(32)16-22)40-28-15-20(18-35-26(28)11-12-33)19-3-1-13-34-17-19/h1-18,33,35H,(H,36,38)/p+1/b26-11-,33-12?. The van der Waals surface area contributed by atoms with Crippen molar-refractivity contribution in [3.05, 3.63) is 148 Å². The van der Waals surface area contributed by atoms with Gasteiger partial charge >= 0.3 is 0 Å². The predicted molar refractivity (Wildman–Crippen MR) is 146 cm³/mol. The molecule has 10 heteroatoms. The third-order valence-electron chi connectivity index (χ3n) is 5.90. The van der Waals surface area contributed by atoms with Gasteiger partial charge in [-0.3, -0.25) is 24.5 Å². The van der Waals surface area contributed by atoms with E-state index in [1.807, 2.05) is 6.07 Å². The first-order valence-electron chi connectivity index (χ1n) is 12.0. The Labute approximate surface area is 227 Å². The van der Waals surface area contributed by atoms with Crippen LogP contribution in [0.2, 0.25) is 0 Å². The average Bonchev–Trinajstić information content (AvgIpc) is 2.96. The number of pyridine rings is 2. The number of nitrogens with zero attached hydrogens (tertiary/aromatic N) is 2. The molecule has 4 N–H and O–H groups in total. The van der Waals surface area contributed by atoms with E-state index in [9.17, 15) is 14.0 Å². The minimum Gasteiger partial charge on any atom is -0.452 e. The number of aromatic nitrogens is 2. The van der Waals surface area contributed by atoms with Crippen molar-refractivity contribution in [1.82, 2.24) is 14.9 Å². The van der Waals surface area contributed by atoms with Crippen LogP contribution in [0.4, 0.5) is 14.5 Å². The van der Waals surface area contributed by atoms with E-state index in [0.29, 0.717) is 17.1 Å². The molecule has 1 aliphatic heterocycles. The Kier molecular flexibility index (Phi) is 7.41. The van der Waals surface area contributed by atoms with Crippen LogP contribution < -0.4 is 26.3 Å². The molecule has 0 spiro atoms. The molecule has 0 atom stereocenters. The van der Waals surface area contributed by atoms with Crippen LogP contribution in [0.15, 0.2) is 120 Å². The quantitative estimate of drug-likeness (QED) is 0.313. The number of anilines is 1. The van der Waals surface area contributed by atoms with E-state index in [1.165, 1.54) is 65.5 Å². The number of rotatable bonds is 7. The molecule has 3 heterocycles. The van der Waals surface area contributed by atoms with Gasteiger partial charge in [0, 0.05) is 59.4 Å². The van der Waals surface area contributed by atoms with E-state index >= 15 is 4.39 Å². The fourth-order valence-corrected chi connectivity index (χ4v) is 3.95. The highest BCUT2D eigenvalue weighted by molar-refractivity contribution is 6.04. The van der Waals surface area contributed by atoms with E-state index in [1.54, 1.807) is 36.8 Å². The second kappa shape index (κ2) is 11.4. The van der Waals surface area contributed by atoms with Gasteiger partial charge in [0.1, 0.15) is 11.4 Å². The Balaban J connectivity index is 1.36. The summed E-state index contributed by atoms with van der Waals surface area (Å²) in [6.07, 6.45) is 11.2. The molecule has 0 saturated heterocycles. The minimum absolute atomic E-state index is 0.0974. The van der Waals surface area contributed by atoms with Crippen molar-refractivity contribution < 1.29 is 23.7 Å². The Bertz CT molecular complexity index is 1740. The van der Waals surface area contributed by atoms with Crippen molar-refractivity contribution in [2.75, 3.05) is 5.32 Å². The highest BCUT2D eigenvalue weighted by Crippen LogP contribution is 2.29. The smallest absolute Gasteiger partial charge is 0.267 e. The molecule has 2 aromatic carbocycles. The number of amides is 1. The molecule has 0 bridgehead atoms. The second-order valence-electron chi connectivity index (χ2n) is 8.54. The molecule has 40 heavy (non-hydrogen) atoms. The molecule has 4 aromatic rings. The molecular formula is C30H22F2N5O3+. The molecule has 0 fully saturated rings. The van der Waals surface area contributed by atoms with E-state index < -0.39 is 23.1 Å². The minimum atomic E-state index is -0.746. The van der Waals surface area contributed by atoms with E-state index in [2.05, 4.69) is 15.6 Å². The molecule has 1 aliphatic rings. The fraction of sp³-hybridized carbons (Fsp3) is 0. The topological polar surface area (TPSA) is 111 Å². The van der Waals surface area contributed by atoms with Crippen molar-refractivity contribution >= 4 is 23.4 Å². The Morgan fingerprint density at radius 1 is 1.07 bits per heavy atom. The predicted octanol–water partition coefficient (Wildman–Crippen LogP) is 3.38. The molecule has 0 aliphatic carbocycles. The summed E-state index contributed by atoms with van der Waals surface area (Å²) in [4.78, 5) is 29.9. The first kappa shape index (κ1) is 26.0. The molecule has 5 rings (SSSR count). The number of hydrogen-bond donors (Lipinski definition) is 3. The van der Waals surface area contributed by atoms with Crippen LogP contribution >= 0.6 is 0 Å². The van der Waals surface area contributed by atoms with Crippen LogP contribution in [0.5, 0.6) is 5.75 Å². The lowest BCUT2D eigenvalue weighted by Gasteiger charge is -2.19. The van der Waals surface area contributed by atoms with Gasteiger partial charge in [-0.1, -0.05) is 6.07 Å². The van der Waals surface area contributed by atoms with Gasteiger partial charge in [0.2, 0.25) is 0 Å². The van der Waals surface area contributed by atoms with Crippen LogP contribution in [0, 0.1) is 11.6 Å². The van der Waals surface area contributed by atoms with Gasteiger partial charge in [-0.15, -0.1) is 0 Å². The lowest BCUT2D eigenvalue weighted by atomic mass is 10.1. The van der Waals surface area contributed by atoms with Crippen LogP contribution in [0.25, 0.3) is 11.3 Å². The molecule has 198 valence electrons. The first-order chi connectivity index (χ1) is 19.4. The monoisotopic (exact) mass is 538 g/mol. The normalized spacial score (nSPS) is 13.6. The molecule has 2 aromatic heterocycles. The number of halogens is 2. The molecule has 0 unspecified atom stereocenters. The Morgan fingerprint density at radius 2 is 1.90 bits per heavy atom. The van der Waals surface area contributed by atoms with Crippen LogP contribution in [-0.4, -0.2) is 21.7 Å². The zero-order valence-corrected chi connectivity index (χ0v) is 20.8. The molecule has 0 radical (unpaired) electrons. The Hall–Kier alpha value is -5.64. The summed E-state index contributed by atoms with van der Waals surface area (Å²) >= 11 is 0. The van der Waals surface area contributed by atoms with E-state index in [0.717, 1.165) is 17.2 Å². The zero-order valence-electron chi connectivity index (χ0n) is 20.8. The van der Waals surface area contributed by atoms with Gasteiger partial charge in [-0.05, 0) is 60.7 Å². The number of allylic oxidation sites excluding steroid dienone is 3. The van der Waals surface area contributed by atoms with Gasteiger partial charge in [0.15, 0.2) is 23.5 Å². The maximum absolute atomic E-state index is 15.1. The largest absolute Gasteiger partial charge is 0.452 e. The van der Waals surface area contributed by atoms with Crippen molar-refractivity contribution in [3.8, 4) is 11.4 Å². The van der Waals surface area contributed by atoms with Crippen LogP contribution in [-0.2, 0) is 0 Å². The SMILES string of the molecule is [NH2+]=C/C=C1\NC=C(c2cccnc2)C=C1Oc1ccc(NC(=O)c2cccn(-c3ccc(F)cc3)c2=O)cc1F. The van der Waals surface area contributed by atoms with Gasteiger partial charge in [-0.2, -0.15) is 0 Å². The number of carbonyl (C=O) groups excluding carboxylic acids is 1. The molecular weight excluding hydrogens is 516 g/mol. The number of hydrogen-bond acceptors (Lipinski definition) is 5. The third kappa shape index (κ3) is 5.60. The lowest BCUT2D eigenvalue weighted by molar-refractivity contribution is -0.104. The van der Waals surface area contributed by atoms with Crippen LogP contribution in [0.3, 0.4) is 0 Å². The van der Waals surface area contributed by atoms with Gasteiger partial charge in [0.05, 0.1) is 5.70 Å². The van der Waals surface area contributed by atoms with Gasteiger partial charge in [0.25, 0.3) is 11.5 Å². The summed E-state index contributed by atoms with van der Waals surface area (Å²) in [7, 11) is 0. The molecule has 1 amide bonds. The van der Waals surface area contributed by atoms with Crippen LogP contribution in [0.1, 0.15) is 15.9 Å². The number of carbonyl (C=O) groups is 1. The summed E-state index contributed by atoms with van der Waals surface area (Å²) in [6.45, 7) is 0. The van der Waals surface area contributed by atoms with E-state index in [-0.39, 0.29) is 17.0 Å². The molecule has 0 saturated carbocycles. The van der Waals surface area contributed by atoms with Gasteiger partial charge in [-0.25, -0.2) is 8.78 Å². The first-order valence-corrected chi connectivity index (χ1v) is 12.0. The number of nitrogens with two attached hydrogens (primary N) is 1. The van der Waals surface area contributed by atoms with Crippen molar-refractivity contribution in [1.29, 1.82) is 0 Å². The number of nitrogens with one attached hydrogen (secondary N) is 2. The maximum Gasteiger partial charge on any atom is 0.267 e. The third-order valence-corrected chi connectivity index (χ3v) is 5.90. The van der Waals surface area contributed by atoms with Crippen molar-refractivity contribution in [2.24, 2.45) is 0 Å². The number of dihydropyridines is 1. The average molecular weight is 539 g/mol. The summed E-state index contributed by atoms with van der Waals surface area (Å²) in [5, 5.41) is 11.2. The summed E-state index contributed by atoms with van der Waals surface area (Å²) in [5.41, 5.74) is 1.81. The second-order valence-corrected chi connectivity index (χ2v) is 8.54. The zero-order chi connectivity index (χ0) is 28.1. The lowest BCUT2D eigenvalue weighted by Crippen LogP contribution is -2.29. The van der Waals surface area contributed by atoms with E-state index in [4.69, 9.17) is 10.1 Å². The summed E-state index contributed by atoms with van der Waals surface area (Å²) in [5.74, 6) is -1.72. The fourth-order valence-electron chi connectivity index (χ4n) is 3.95. The summed E-state index contributed by atoms with van der Waals surface area (Å²) < 4.78 is 35.5. The maximum atomic E-state index is 15.1. The van der Waals surface area contributed by atoms with Crippen molar-refractivity contribution in [3.63, 3.8) is 0 Å².